The van der Waals surface area contributed by atoms with Crippen LogP contribution in [0.5, 0.6) is 0 Å². The molecule has 0 saturated carbocycles. The molecule has 18 heavy (non-hydrogen) atoms. The van der Waals surface area contributed by atoms with Crippen molar-refractivity contribution < 1.29 is 9.90 Å². The van der Waals surface area contributed by atoms with Crippen LogP contribution >= 0.6 is 27.7 Å². The molecule has 0 saturated heterocycles. The van der Waals surface area contributed by atoms with Crippen molar-refractivity contribution in [2.75, 3.05) is 12.8 Å². The first-order valence-corrected chi connectivity index (χ1v) is 7.74. The third kappa shape index (κ3) is 4.63. The molecule has 0 atom stereocenters. The summed E-state index contributed by atoms with van der Waals surface area (Å²) >= 11 is 5.13. The first-order valence-electron chi connectivity index (χ1n) is 5.72. The molecule has 1 N–H and O–H groups in total. The van der Waals surface area contributed by atoms with Gasteiger partial charge in [0.25, 0.3) is 0 Å². The number of carboxylic acid groups (broad SMARTS) is 1. The summed E-state index contributed by atoms with van der Waals surface area (Å²) in [7, 11) is 0. The maximum atomic E-state index is 10.9. The van der Waals surface area contributed by atoms with E-state index in [2.05, 4.69) is 22.0 Å². The summed E-state index contributed by atoms with van der Waals surface area (Å²) in [5.74, 6) is -0.786. The van der Waals surface area contributed by atoms with Gasteiger partial charge in [0.05, 0.1) is 6.54 Å². The average Bonchev–Trinajstić information content (AvgIpc) is 2.29. The van der Waals surface area contributed by atoms with E-state index >= 15 is 0 Å². The van der Waals surface area contributed by atoms with Gasteiger partial charge in [0.2, 0.25) is 0 Å². The van der Waals surface area contributed by atoms with Crippen LogP contribution in [0.3, 0.4) is 0 Å². The van der Waals surface area contributed by atoms with Crippen molar-refractivity contribution >= 4 is 33.7 Å². The molecule has 0 radical (unpaired) electrons. The fourth-order valence-electron chi connectivity index (χ4n) is 1.66. The Morgan fingerprint density at radius 3 is 2.67 bits per heavy atom. The Balaban J connectivity index is 2.89. The van der Waals surface area contributed by atoms with E-state index in [1.165, 1.54) is 10.5 Å². The lowest BCUT2D eigenvalue weighted by molar-refractivity contribution is -0.138. The van der Waals surface area contributed by atoms with Crippen molar-refractivity contribution in [1.29, 1.82) is 0 Å². The second-order valence-corrected chi connectivity index (χ2v) is 6.11. The van der Waals surface area contributed by atoms with Gasteiger partial charge in [-0.1, -0.05) is 22.0 Å². The quantitative estimate of drug-likeness (QED) is 0.810. The summed E-state index contributed by atoms with van der Waals surface area (Å²) < 4.78 is 1.05. The van der Waals surface area contributed by atoms with Crippen LogP contribution in [-0.4, -0.2) is 34.8 Å². The number of aliphatic carboxylic acids is 1. The van der Waals surface area contributed by atoms with Gasteiger partial charge in [0, 0.05) is 22.0 Å². The van der Waals surface area contributed by atoms with Crippen LogP contribution in [0, 0.1) is 0 Å². The normalized spacial score (nSPS) is 11.2. The number of halogens is 1. The van der Waals surface area contributed by atoms with Crippen molar-refractivity contribution in [3.8, 4) is 0 Å². The van der Waals surface area contributed by atoms with Gasteiger partial charge in [0.1, 0.15) is 0 Å². The van der Waals surface area contributed by atoms with E-state index in [1.54, 1.807) is 11.8 Å². The molecule has 0 aliphatic rings. The molecule has 1 aromatic carbocycles. The number of nitrogens with zero attached hydrogens (tertiary/aromatic N) is 1. The summed E-state index contributed by atoms with van der Waals surface area (Å²) in [6.07, 6.45) is 2.03. The van der Waals surface area contributed by atoms with Gasteiger partial charge in [-0.2, -0.15) is 0 Å². The number of hydrogen-bond donors (Lipinski definition) is 1. The Bertz CT molecular complexity index is 423. The number of carboxylic acids is 1. The largest absolute Gasteiger partial charge is 0.480 e. The zero-order chi connectivity index (χ0) is 13.7. The Hall–Kier alpha value is -0.520. The van der Waals surface area contributed by atoms with Crippen LogP contribution in [0.2, 0.25) is 0 Å². The zero-order valence-corrected chi connectivity index (χ0v) is 13.2. The van der Waals surface area contributed by atoms with Crippen molar-refractivity contribution in [1.82, 2.24) is 4.90 Å². The molecule has 0 heterocycles. The van der Waals surface area contributed by atoms with E-state index in [0.717, 1.165) is 4.47 Å². The predicted octanol–water partition coefficient (Wildman–Crippen LogP) is 3.47. The lowest BCUT2D eigenvalue weighted by Gasteiger charge is -2.25. The van der Waals surface area contributed by atoms with E-state index in [-0.39, 0.29) is 12.6 Å². The number of carbonyl (C=O) groups is 1. The fraction of sp³-hybridized carbons (Fsp3) is 0.462. The van der Waals surface area contributed by atoms with E-state index < -0.39 is 5.97 Å². The van der Waals surface area contributed by atoms with Crippen LogP contribution in [0.1, 0.15) is 19.4 Å². The number of thioether (sulfide) groups is 1. The lowest BCUT2D eigenvalue weighted by Crippen LogP contribution is -2.35. The highest BCUT2D eigenvalue weighted by Gasteiger charge is 2.15. The summed E-state index contributed by atoms with van der Waals surface area (Å²) in [5.41, 5.74) is 1.17. The first-order chi connectivity index (χ1) is 8.43. The second kappa shape index (κ2) is 7.16. The van der Waals surface area contributed by atoms with Gasteiger partial charge in [-0.15, -0.1) is 11.8 Å². The SMILES string of the molecule is CSc1cc(Br)ccc1CN(CC(=O)O)C(C)C. The minimum atomic E-state index is -0.786. The topological polar surface area (TPSA) is 40.5 Å². The lowest BCUT2D eigenvalue weighted by atomic mass is 10.2. The monoisotopic (exact) mass is 331 g/mol. The summed E-state index contributed by atoms with van der Waals surface area (Å²) in [6.45, 7) is 4.76. The molecule has 5 heteroatoms. The third-order valence-electron chi connectivity index (χ3n) is 2.69. The van der Waals surface area contributed by atoms with E-state index in [0.29, 0.717) is 6.54 Å². The van der Waals surface area contributed by atoms with Gasteiger partial charge in [-0.05, 0) is 37.8 Å². The van der Waals surface area contributed by atoms with Crippen LogP contribution in [-0.2, 0) is 11.3 Å². The molecular formula is C13H18BrNO2S. The Labute approximate surface area is 121 Å². The van der Waals surface area contributed by atoms with Gasteiger partial charge in [-0.3, -0.25) is 9.69 Å². The molecule has 3 nitrogen and oxygen atoms in total. The molecule has 100 valence electrons. The molecule has 1 rings (SSSR count). The Morgan fingerprint density at radius 2 is 2.17 bits per heavy atom. The highest BCUT2D eigenvalue weighted by Crippen LogP contribution is 2.26. The second-order valence-electron chi connectivity index (χ2n) is 4.35. The van der Waals surface area contributed by atoms with Crippen molar-refractivity contribution in [3.05, 3.63) is 28.2 Å². The molecule has 0 aliphatic carbocycles. The number of rotatable bonds is 6. The summed E-state index contributed by atoms with van der Waals surface area (Å²) in [4.78, 5) is 14.0. The highest BCUT2D eigenvalue weighted by atomic mass is 79.9. The van der Waals surface area contributed by atoms with Crippen LogP contribution in [0.15, 0.2) is 27.6 Å². The van der Waals surface area contributed by atoms with E-state index in [4.69, 9.17) is 5.11 Å². The minimum Gasteiger partial charge on any atom is -0.480 e. The van der Waals surface area contributed by atoms with Crippen LogP contribution < -0.4 is 0 Å². The average molecular weight is 332 g/mol. The number of benzene rings is 1. The van der Waals surface area contributed by atoms with Crippen molar-refractivity contribution in [3.63, 3.8) is 0 Å². The highest BCUT2D eigenvalue weighted by molar-refractivity contribution is 9.10. The standard InChI is InChI=1S/C13H18BrNO2S/c1-9(2)15(8-13(16)17)7-10-4-5-11(14)6-12(10)18-3/h4-6,9H,7-8H2,1-3H3,(H,16,17). The first kappa shape index (κ1) is 15.5. The predicted molar refractivity (Wildman–Crippen MR) is 79.1 cm³/mol. The minimum absolute atomic E-state index is 0.0710. The fourth-order valence-corrected chi connectivity index (χ4v) is 2.81. The van der Waals surface area contributed by atoms with Gasteiger partial charge >= 0.3 is 5.97 Å². The zero-order valence-electron chi connectivity index (χ0n) is 10.8. The molecule has 0 fully saturated rings. The van der Waals surface area contributed by atoms with Crippen molar-refractivity contribution in [2.45, 2.75) is 31.3 Å². The molecule has 0 aliphatic heterocycles. The smallest absolute Gasteiger partial charge is 0.317 e. The molecule has 0 spiro atoms. The molecule has 0 bridgehead atoms. The maximum absolute atomic E-state index is 10.9. The molecule has 0 aromatic heterocycles. The summed E-state index contributed by atoms with van der Waals surface area (Å²) in [6, 6.07) is 6.32. The van der Waals surface area contributed by atoms with Gasteiger partial charge in [0.15, 0.2) is 0 Å². The molecular weight excluding hydrogens is 314 g/mol. The maximum Gasteiger partial charge on any atom is 0.317 e. The Kier molecular flexibility index (Phi) is 6.18. The molecule has 1 aromatic rings. The summed E-state index contributed by atoms with van der Waals surface area (Å²) in [5, 5.41) is 8.93. The molecule has 0 amide bonds. The van der Waals surface area contributed by atoms with Gasteiger partial charge in [-0.25, -0.2) is 0 Å². The molecule has 0 unspecified atom stereocenters. The van der Waals surface area contributed by atoms with E-state index in [9.17, 15) is 4.79 Å². The van der Waals surface area contributed by atoms with Crippen LogP contribution in [0.4, 0.5) is 0 Å². The van der Waals surface area contributed by atoms with E-state index in [1.807, 2.05) is 37.1 Å². The number of hydrogen-bond acceptors (Lipinski definition) is 3. The van der Waals surface area contributed by atoms with Crippen LogP contribution in [0.25, 0.3) is 0 Å². The third-order valence-corrected chi connectivity index (χ3v) is 4.00. The van der Waals surface area contributed by atoms with Crippen molar-refractivity contribution in [2.24, 2.45) is 0 Å². The Morgan fingerprint density at radius 1 is 1.50 bits per heavy atom. The van der Waals surface area contributed by atoms with Gasteiger partial charge < -0.3 is 5.11 Å².